The van der Waals surface area contributed by atoms with Crippen molar-refractivity contribution in [1.29, 1.82) is 0 Å². The lowest BCUT2D eigenvalue weighted by atomic mass is 9.67. The molecule has 0 bridgehead atoms. The van der Waals surface area contributed by atoms with Gasteiger partial charge in [-0.05, 0) is 88.0 Å². The van der Waals surface area contributed by atoms with Crippen molar-refractivity contribution in [3.8, 4) is 0 Å². The van der Waals surface area contributed by atoms with E-state index < -0.39 is 13.1 Å². The summed E-state index contributed by atoms with van der Waals surface area (Å²) in [6.07, 6.45) is 7.66. The highest BCUT2D eigenvalue weighted by atomic mass is 16.4. The minimum Gasteiger partial charge on any atom is -0.478 e. The maximum atomic E-state index is 11.0. The second kappa shape index (κ2) is 10.8. The second-order valence-corrected chi connectivity index (χ2v) is 9.79. The molecule has 8 heteroatoms. The zero-order chi connectivity index (χ0) is 22.4. The van der Waals surface area contributed by atoms with Crippen LogP contribution >= 0.6 is 0 Å². The fraction of sp³-hybridized carbons (Fsp3) is 0.696. The van der Waals surface area contributed by atoms with E-state index in [0.717, 1.165) is 70.3 Å². The van der Waals surface area contributed by atoms with Gasteiger partial charge < -0.3 is 31.1 Å². The lowest BCUT2D eigenvalue weighted by molar-refractivity contribution is 0.0697. The quantitative estimate of drug-likeness (QED) is 0.270. The van der Waals surface area contributed by atoms with Gasteiger partial charge >= 0.3 is 13.1 Å². The van der Waals surface area contributed by atoms with Crippen LogP contribution in [0, 0.1) is 11.8 Å². The summed E-state index contributed by atoms with van der Waals surface area (Å²) >= 11 is 0. The Hall–Kier alpha value is -1.61. The molecule has 3 rings (SSSR count). The molecule has 0 amide bonds. The molecule has 7 nitrogen and oxygen atoms in total. The molecule has 6 N–H and O–H groups in total. The number of carboxylic acids is 1. The van der Waals surface area contributed by atoms with Crippen LogP contribution in [0.2, 0.25) is 6.32 Å². The van der Waals surface area contributed by atoms with Crippen LogP contribution in [-0.4, -0.2) is 59.5 Å². The summed E-state index contributed by atoms with van der Waals surface area (Å²) in [5, 5.41) is 30.7. The molecule has 1 aliphatic heterocycles. The highest BCUT2D eigenvalue weighted by molar-refractivity contribution is 6.40. The summed E-state index contributed by atoms with van der Waals surface area (Å²) in [6.45, 7) is 5.21. The van der Waals surface area contributed by atoms with Gasteiger partial charge in [0, 0.05) is 30.4 Å². The van der Waals surface area contributed by atoms with E-state index in [4.69, 9.17) is 20.9 Å². The van der Waals surface area contributed by atoms with Crippen LogP contribution in [0.25, 0.3) is 0 Å². The topological polar surface area (TPSA) is 119 Å². The van der Waals surface area contributed by atoms with E-state index in [1.807, 2.05) is 12.1 Å². The molecule has 1 heterocycles. The first-order chi connectivity index (χ1) is 14.7. The first-order valence-corrected chi connectivity index (χ1v) is 11.7. The number of unbranched alkanes of at least 4 members (excludes halogenated alkanes) is 1. The molecule has 2 fully saturated rings. The predicted octanol–water partition coefficient (Wildman–Crippen LogP) is 2.33. The van der Waals surface area contributed by atoms with Crippen LogP contribution in [0.3, 0.4) is 0 Å². The maximum absolute atomic E-state index is 11.0. The molecular weight excluding hydrogens is 393 g/mol. The Labute approximate surface area is 186 Å². The van der Waals surface area contributed by atoms with E-state index in [9.17, 15) is 4.79 Å². The van der Waals surface area contributed by atoms with Crippen LogP contribution in [0.15, 0.2) is 24.3 Å². The number of benzene rings is 1. The summed E-state index contributed by atoms with van der Waals surface area (Å²) in [5.74, 6) is 0.341. The molecule has 172 valence electrons. The number of carboxylic acid groups (broad SMARTS) is 1. The van der Waals surface area contributed by atoms with Gasteiger partial charge in [0.1, 0.15) is 0 Å². The lowest BCUT2D eigenvalue weighted by Gasteiger charge is -2.46. The van der Waals surface area contributed by atoms with Crippen molar-refractivity contribution in [3.05, 3.63) is 29.8 Å². The van der Waals surface area contributed by atoms with Crippen molar-refractivity contribution in [2.24, 2.45) is 17.6 Å². The highest BCUT2D eigenvalue weighted by Gasteiger charge is 2.40. The third kappa shape index (κ3) is 6.94. The Kier molecular flexibility index (Phi) is 8.39. The molecule has 1 aromatic rings. The van der Waals surface area contributed by atoms with Crippen LogP contribution in [0.1, 0.15) is 62.2 Å². The molecule has 2 aliphatic rings. The Morgan fingerprint density at radius 1 is 1.19 bits per heavy atom. The SMILES string of the molecule is CC(N)(CCCCB(O)O)C1CC(NCC2CCN(c3ccc(C(=O)O)cc3)CC2)C1. The molecule has 0 spiro atoms. The third-order valence-corrected chi connectivity index (χ3v) is 7.29. The number of nitrogens with one attached hydrogen (secondary N) is 1. The Bertz CT molecular complexity index is 699. The van der Waals surface area contributed by atoms with Gasteiger partial charge in [-0.3, -0.25) is 0 Å². The van der Waals surface area contributed by atoms with E-state index in [1.165, 1.54) is 0 Å². The third-order valence-electron chi connectivity index (χ3n) is 7.29. The minimum atomic E-state index is -1.20. The Morgan fingerprint density at radius 2 is 1.84 bits per heavy atom. The average molecular weight is 431 g/mol. The number of aromatic carboxylic acids is 1. The predicted molar refractivity (Wildman–Crippen MR) is 124 cm³/mol. The maximum Gasteiger partial charge on any atom is 0.451 e. The van der Waals surface area contributed by atoms with Crippen LogP contribution in [-0.2, 0) is 0 Å². The van der Waals surface area contributed by atoms with Crippen LogP contribution in [0.5, 0.6) is 0 Å². The second-order valence-electron chi connectivity index (χ2n) is 9.79. The van der Waals surface area contributed by atoms with Crippen molar-refractivity contribution in [2.45, 2.75) is 69.8 Å². The Balaban J connectivity index is 1.31. The average Bonchev–Trinajstić information content (AvgIpc) is 2.70. The standard InChI is InChI=1S/C23H38BN3O4/c1-23(25,10-2-3-11-24(30)31)19-14-20(15-19)26-16-17-8-12-27(13-9-17)21-6-4-18(5-7-21)22(28)29/h4-7,17,19-20,26,30-31H,2-3,8-16,25H2,1H3,(H,28,29). The van der Waals surface area contributed by atoms with E-state index in [-0.39, 0.29) is 5.54 Å². The van der Waals surface area contributed by atoms with Gasteiger partial charge in [0.15, 0.2) is 0 Å². The first kappa shape index (κ1) is 24.0. The van der Waals surface area contributed by atoms with E-state index in [0.29, 0.717) is 29.8 Å². The molecule has 0 aromatic heterocycles. The smallest absolute Gasteiger partial charge is 0.451 e. The highest BCUT2D eigenvalue weighted by Crippen LogP contribution is 2.38. The monoisotopic (exact) mass is 431 g/mol. The first-order valence-electron chi connectivity index (χ1n) is 11.7. The lowest BCUT2D eigenvalue weighted by Crippen LogP contribution is -2.55. The molecule has 1 atom stereocenters. The van der Waals surface area contributed by atoms with Gasteiger partial charge in [-0.15, -0.1) is 0 Å². The van der Waals surface area contributed by atoms with E-state index in [2.05, 4.69) is 17.1 Å². The van der Waals surface area contributed by atoms with Gasteiger partial charge in [-0.2, -0.15) is 0 Å². The number of carbonyl (C=O) groups is 1. The molecule has 1 aromatic carbocycles. The molecule has 1 aliphatic carbocycles. The van der Waals surface area contributed by atoms with Crippen LogP contribution < -0.4 is 16.0 Å². The fourth-order valence-electron chi connectivity index (χ4n) is 4.90. The molecule has 1 unspecified atom stereocenters. The summed E-state index contributed by atoms with van der Waals surface area (Å²) in [5.41, 5.74) is 7.82. The number of nitrogens with two attached hydrogens (primary N) is 1. The minimum absolute atomic E-state index is 0.167. The summed E-state index contributed by atoms with van der Waals surface area (Å²) in [6, 6.07) is 7.74. The summed E-state index contributed by atoms with van der Waals surface area (Å²) in [7, 11) is -1.20. The van der Waals surface area contributed by atoms with Crippen molar-refractivity contribution in [1.82, 2.24) is 5.32 Å². The number of piperidine rings is 1. The zero-order valence-corrected chi connectivity index (χ0v) is 18.7. The summed E-state index contributed by atoms with van der Waals surface area (Å²) < 4.78 is 0. The number of nitrogens with zero attached hydrogens (tertiary/aromatic N) is 1. The molecule has 1 saturated heterocycles. The van der Waals surface area contributed by atoms with Gasteiger partial charge in [-0.1, -0.05) is 12.8 Å². The molecule has 0 radical (unpaired) electrons. The van der Waals surface area contributed by atoms with Crippen molar-refractivity contribution >= 4 is 18.8 Å². The molecular formula is C23H38BN3O4. The van der Waals surface area contributed by atoms with Crippen molar-refractivity contribution in [2.75, 3.05) is 24.5 Å². The number of rotatable bonds is 11. The molecule has 31 heavy (non-hydrogen) atoms. The van der Waals surface area contributed by atoms with E-state index in [1.54, 1.807) is 12.1 Å². The number of hydrogen-bond donors (Lipinski definition) is 5. The van der Waals surface area contributed by atoms with Crippen molar-refractivity contribution < 1.29 is 19.9 Å². The zero-order valence-electron chi connectivity index (χ0n) is 18.7. The number of hydrogen-bond acceptors (Lipinski definition) is 6. The largest absolute Gasteiger partial charge is 0.478 e. The molecule has 1 saturated carbocycles. The Morgan fingerprint density at radius 3 is 2.42 bits per heavy atom. The van der Waals surface area contributed by atoms with E-state index >= 15 is 0 Å². The fourth-order valence-corrected chi connectivity index (χ4v) is 4.90. The van der Waals surface area contributed by atoms with Crippen LogP contribution in [0.4, 0.5) is 5.69 Å². The van der Waals surface area contributed by atoms with Gasteiger partial charge in [0.2, 0.25) is 0 Å². The van der Waals surface area contributed by atoms with Crippen molar-refractivity contribution in [3.63, 3.8) is 0 Å². The summed E-state index contributed by atoms with van der Waals surface area (Å²) in [4.78, 5) is 13.3. The number of anilines is 1. The van der Waals surface area contributed by atoms with Gasteiger partial charge in [-0.25, -0.2) is 4.79 Å². The normalized spacial score (nSPS) is 23.8. The van der Waals surface area contributed by atoms with Gasteiger partial charge in [0.25, 0.3) is 0 Å². The van der Waals surface area contributed by atoms with Gasteiger partial charge in [0.05, 0.1) is 5.56 Å².